The first-order valence-electron chi connectivity index (χ1n) is 8.80. The van der Waals surface area contributed by atoms with Crippen LogP contribution in [-0.4, -0.2) is 30.2 Å². The standard InChI is InChI=1S/C20H18N6OS/c27-19(17-14-22-20(28)26(17)16-4-2-1-3-5-16)23-18-9-13-25(24-18)12-8-15-6-10-21-11-7-15/h1-7,9-11,13-14H,8,12H2,(H,22,28)(H,23,24,27). The zero-order valence-electron chi connectivity index (χ0n) is 14.9. The van der Waals surface area contributed by atoms with E-state index < -0.39 is 0 Å². The fourth-order valence-corrected chi connectivity index (χ4v) is 3.16. The summed E-state index contributed by atoms with van der Waals surface area (Å²) in [4.78, 5) is 19.7. The minimum Gasteiger partial charge on any atom is -0.336 e. The van der Waals surface area contributed by atoms with Crippen molar-refractivity contribution in [1.82, 2.24) is 24.3 Å². The lowest BCUT2D eigenvalue weighted by atomic mass is 10.2. The summed E-state index contributed by atoms with van der Waals surface area (Å²) < 4.78 is 3.96. The lowest BCUT2D eigenvalue weighted by Crippen LogP contribution is -2.17. The Morgan fingerprint density at radius 1 is 1.11 bits per heavy atom. The van der Waals surface area contributed by atoms with E-state index in [0.717, 1.165) is 12.1 Å². The first-order valence-corrected chi connectivity index (χ1v) is 9.21. The summed E-state index contributed by atoms with van der Waals surface area (Å²) in [7, 11) is 0. The Balaban J connectivity index is 1.47. The van der Waals surface area contributed by atoms with Gasteiger partial charge < -0.3 is 10.3 Å². The van der Waals surface area contributed by atoms with Crippen LogP contribution in [0.15, 0.2) is 73.3 Å². The molecule has 0 bridgehead atoms. The average Bonchev–Trinajstić information content (AvgIpc) is 3.34. The maximum Gasteiger partial charge on any atom is 0.275 e. The number of aryl methyl sites for hydroxylation is 2. The first-order chi connectivity index (χ1) is 13.7. The molecule has 0 spiro atoms. The number of nitrogens with zero attached hydrogens (tertiary/aromatic N) is 4. The van der Waals surface area contributed by atoms with Crippen molar-refractivity contribution in [3.8, 4) is 5.69 Å². The number of benzene rings is 1. The molecule has 7 nitrogen and oxygen atoms in total. The van der Waals surface area contributed by atoms with Gasteiger partial charge in [-0.15, -0.1) is 0 Å². The number of imidazole rings is 1. The number of rotatable bonds is 6. The Morgan fingerprint density at radius 2 is 1.89 bits per heavy atom. The zero-order valence-corrected chi connectivity index (χ0v) is 15.8. The second kappa shape index (κ2) is 8.01. The molecule has 2 N–H and O–H groups in total. The Bertz CT molecular complexity index is 1130. The van der Waals surface area contributed by atoms with Crippen LogP contribution in [0.1, 0.15) is 16.1 Å². The smallest absolute Gasteiger partial charge is 0.275 e. The second-order valence-electron chi connectivity index (χ2n) is 6.17. The quantitative estimate of drug-likeness (QED) is 0.493. The number of nitrogens with one attached hydrogen (secondary N) is 2. The molecule has 4 rings (SSSR count). The fraction of sp³-hybridized carbons (Fsp3) is 0.100. The van der Waals surface area contributed by atoms with E-state index in [4.69, 9.17) is 12.2 Å². The maximum atomic E-state index is 12.8. The molecule has 4 aromatic rings. The summed E-state index contributed by atoms with van der Waals surface area (Å²) in [5.41, 5.74) is 2.43. The number of carbonyl (C=O) groups excluding carboxylic acids is 1. The lowest BCUT2D eigenvalue weighted by Gasteiger charge is -2.08. The monoisotopic (exact) mass is 390 g/mol. The van der Waals surface area contributed by atoms with Gasteiger partial charge in [0, 0.05) is 43.1 Å². The molecule has 3 aromatic heterocycles. The van der Waals surface area contributed by atoms with E-state index in [1.165, 1.54) is 5.56 Å². The minimum atomic E-state index is -0.282. The van der Waals surface area contributed by atoms with Crippen molar-refractivity contribution in [1.29, 1.82) is 0 Å². The number of para-hydroxylation sites is 1. The third-order valence-electron chi connectivity index (χ3n) is 4.28. The Labute approximate surface area is 166 Å². The summed E-state index contributed by atoms with van der Waals surface area (Å²) in [5, 5.41) is 7.26. The van der Waals surface area contributed by atoms with Gasteiger partial charge in [-0.2, -0.15) is 5.10 Å². The highest BCUT2D eigenvalue weighted by molar-refractivity contribution is 7.71. The molecule has 0 saturated carbocycles. The van der Waals surface area contributed by atoms with Crippen molar-refractivity contribution >= 4 is 23.9 Å². The van der Waals surface area contributed by atoms with Crippen LogP contribution in [0.3, 0.4) is 0 Å². The molecular formula is C20H18N6OS. The maximum absolute atomic E-state index is 12.8. The van der Waals surface area contributed by atoms with Gasteiger partial charge in [0.05, 0.1) is 0 Å². The van der Waals surface area contributed by atoms with E-state index in [-0.39, 0.29) is 5.91 Å². The molecule has 28 heavy (non-hydrogen) atoms. The molecule has 0 aliphatic carbocycles. The third-order valence-corrected chi connectivity index (χ3v) is 4.59. The van der Waals surface area contributed by atoms with Gasteiger partial charge >= 0.3 is 0 Å². The molecule has 0 radical (unpaired) electrons. The summed E-state index contributed by atoms with van der Waals surface area (Å²) in [5.74, 6) is 0.210. The lowest BCUT2D eigenvalue weighted by molar-refractivity contribution is 0.102. The van der Waals surface area contributed by atoms with E-state index in [1.807, 2.05) is 48.7 Å². The predicted molar refractivity (Wildman–Crippen MR) is 109 cm³/mol. The molecule has 0 aliphatic heterocycles. The largest absolute Gasteiger partial charge is 0.336 e. The van der Waals surface area contributed by atoms with Gasteiger partial charge in [-0.1, -0.05) is 18.2 Å². The minimum absolute atomic E-state index is 0.282. The molecule has 0 atom stereocenters. The molecule has 1 amide bonds. The molecule has 0 fully saturated rings. The summed E-state index contributed by atoms with van der Waals surface area (Å²) in [6, 6.07) is 15.2. The summed E-state index contributed by atoms with van der Waals surface area (Å²) in [6.45, 7) is 0.713. The van der Waals surface area contributed by atoms with Crippen molar-refractivity contribution in [3.63, 3.8) is 0 Å². The van der Waals surface area contributed by atoms with Crippen LogP contribution < -0.4 is 5.32 Å². The highest BCUT2D eigenvalue weighted by Gasteiger charge is 2.15. The van der Waals surface area contributed by atoms with Gasteiger partial charge in [0.15, 0.2) is 10.6 Å². The van der Waals surface area contributed by atoms with Crippen molar-refractivity contribution in [3.05, 3.63) is 89.3 Å². The van der Waals surface area contributed by atoms with Gasteiger partial charge in [-0.25, -0.2) is 0 Å². The van der Waals surface area contributed by atoms with E-state index >= 15 is 0 Å². The number of pyridine rings is 1. The summed E-state index contributed by atoms with van der Waals surface area (Å²) in [6.07, 6.45) is 7.83. The van der Waals surface area contributed by atoms with Gasteiger partial charge in [-0.3, -0.25) is 19.0 Å². The Hall–Kier alpha value is -3.52. The van der Waals surface area contributed by atoms with Crippen molar-refractivity contribution in [2.24, 2.45) is 0 Å². The van der Waals surface area contributed by atoms with Gasteiger partial charge in [0.1, 0.15) is 5.69 Å². The average molecular weight is 390 g/mol. The van der Waals surface area contributed by atoms with Gasteiger partial charge in [0.2, 0.25) is 0 Å². The van der Waals surface area contributed by atoms with Crippen LogP contribution in [0, 0.1) is 4.77 Å². The Kier molecular flexibility index (Phi) is 5.11. The second-order valence-corrected chi connectivity index (χ2v) is 6.56. The van der Waals surface area contributed by atoms with Gasteiger partial charge in [-0.05, 0) is 48.5 Å². The first kappa shape index (κ1) is 17.9. The van der Waals surface area contributed by atoms with Crippen LogP contribution in [0.2, 0.25) is 0 Å². The number of carbonyl (C=O) groups is 1. The van der Waals surface area contributed by atoms with E-state index in [0.29, 0.717) is 22.8 Å². The van der Waals surface area contributed by atoms with Crippen LogP contribution in [0.25, 0.3) is 5.69 Å². The topological polar surface area (TPSA) is 80.5 Å². The number of H-pyrrole nitrogens is 1. The van der Waals surface area contributed by atoms with Crippen LogP contribution >= 0.6 is 12.2 Å². The number of aromatic amines is 1. The van der Waals surface area contributed by atoms with Crippen LogP contribution in [0.5, 0.6) is 0 Å². The molecule has 140 valence electrons. The third kappa shape index (κ3) is 3.91. The normalized spacial score (nSPS) is 10.7. The highest BCUT2D eigenvalue weighted by atomic mass is 32.1. The number of aromatic nitrogens is 5. The van der Waals surface area contributed by atoms with Gasteiger partial charge in [0.25, 0.3) is 5.91 Å². The number of anilines is 1. The van der Waals surface area contributed by atoms with E-state index in [1.54, 1.807) is 33.9 Å². The highest BCUT2D eigenvalue weighted by Crippen LogP contribution is 2.14. The summed E-state index contributed by atoms with van der Waals surface area (Å²) >= 11 is 5.33. The molecule has 0 unspecified atom stereocenters. The fourth-order valence-electron chi connectivity index (χ4n) is 2.90. The molecule has 0 saturated heterocycles. The molecular weight excluding hydrogens is 372 g/mol. The predicted octanol–water partition coefficient (Wildman–Crippen LogP) is 3.62. The molecule has 0 aliphatic rings. The van der Waals surface area contributed by atoms with Crippen molar-refractivity contribution in [2.45, 2.75) is 13.0 Å². The van der Waals surface area contributed by atoms with Crippen LogP contribution in [0.4, 0.5) is 5.82 Å². The number of amides is 1. The zero-order chi connectivity index (χ0) is 19.3. The van der Waals surface area contributed by atoms with E-state index in [2.05, 4.69) is 20.4 Å². The van der Waals surface area contributed by atoms with Crippen molar-refractivity contribution in [2.75, 3.05) is 5.32 Å². The number of hydrogen-bond acceptors (Lipinski definition) is 4. The number of hydrogen-bond donors (Lipinski definition) is 2. The molecule has 1 aromatic carbocycles. The SMILES string of the molecule is O=C(Nc1ccn(CCc2ccncc2)n1)c1c[nH]c(=S)n1-c1ccccc1. The Morgan fingerprint density at radius 3 is 2.68 bits per heavy atom. The molecule has 8 heteroatoms. The van der Waals surface area contributed by atoms with Crippen LogP contribution in [-0.2, 0) is 13.0 Å². The molecule has 3 heterocycles. The van der Waals surface area contributed by atoms with E-state index in [9.17, 15) is 4.79 Å². The van der Waals surface area contributed by atoms with Crippen molar-refractivity contribution < 1.29 is 4.79 Å².